The molecule has 5 nitrogen and oxygen atoms in total. The zero-order valence-electron chi connectivity index (χ0n) is 16.6. The van der Waals surface area contributed by atoms with Crippen molar-refractivity contribution in [3.63, 3.8) is 0 Å². The first-order valence-corrected chi connectivity index (χ1v) is 9.60. The predicted octanol–water partition coefficient (Wildman–Crippen LogP) is 4.71. The molecule has 0 bridgehead atoms. The van der Waals surface area contributed by atoms with Crippen LogP contribution in [0.15, 0.2) is 24.3 Å². The fourth-order valence-corrected chi connectivity index (χ4v) is 4.35. The molecular formula is C21H23F3N4O. The number of likely N-dealkylation sites (N-methyl/N-ethyl adjacent to an activating group) is 1. The Hall–Kier alpha value is -2.61. The second kappa shape index (κ2) is 7.02. The van der Waals surface area contributed by atoms with Crippen LogP contribution in [0.1, 0.15) is 35.7 Å². The van der Waals surface area contributed by atoms with Gasteiger partial charge >= 0.3 is 6.18 Å². The molecule has 8 heteroatoms. The molecule has 1 aliphatic rings. The molecule has 29 heavy (non-hydrogen) atoms. The van der Waals surface area contributed by atoms with Crippen molar-refractivity contribution >= 4 is 11.0 Å². The number of nitrogens with zero attached hydrogens (tertiary/aromatic N) is 4. The van der Waals surface area contributed by atoms with Gasteiger partial charge < -0.3 is 14.6 Å². The van der Waals surface area contributed by atoms with Gasteiger partial charge in [0.1, 0.15) is 5.75 Å². The molecule has 154 valence electrons. The third-order valence-electron chi connectivity index (χ3n) is 5.64. The van der Waals surface area contributed by atoms with Crippen molar-refractivity contribution in [3.8, 4) is 17.0 Å². The number of hydrogen-bond donors (Lipinski definition) is 1. The van der Waals surface area contributed by atoms with Crippen LogP contribution in [0.5, 0.6) is 5.75 Å². The topological polar surface area (TPSA) is 54.2 Å². The van der Waals surface area contributed by atoms with Crippen LogP contribution in [0.3, 0.4) is 0 Å². The van der Waals surface area contributed by atoms with E-state index in [0.717, 1.165) is 54.8 Å². The molecule has 1 fully saturated rings. The van der Waals surface area contributed by atoms with Crippen molar-refractivity contribution in [1.29, 1.82) is 0 Å². The third-order valence-corrected chi connectivity index (χ3v) is 5.64. The number of fused-ring (bicyclic) bond motifs is 1. The Labute approximate surface area is 166 Å². The van der Waals surface area contributed by atoms with Gasteiger partial charge in [-0.3, -0.25) is 0 Å². The molecule has 4 rings (SSSR count). The van der Waals surface area contributed by atoms with E-state index in [4.69, 9.17) is 0 Å². The molecule has 0 amide bonds. The number of benzene rings is 1. The van der Waals surface area contributed by atoms with Crippen molar-refractivity contribution < 1.29 is 18.3 Å². The average Bonchev–Trinajstić information content (AvgIpc) is 2.95. The minimum absolute atomic E-state index is 0.273. The van der Waals surface area contributed by atoms with E-state index in [0.29, 0.717) is 17.3 Å². The van der Waals surface area contributed by atoms with Crippen LogP contribution in [0.25, 0.3) is 22.3 Å². The van der Waals surface area contributed by atoms with E-state index in [1.54, 1.807) is 6.07 Å². The molecule has 0 spiro atoms. The first-order chi connectivity index (χ1) is 13.6. The van der Waals surface area contributed by atoms with Gasteiger partial charge in [-0.25, -0.2) is 0 Å². The summed E-state index contributed by atoms with van der Waals surface area (Å²) in [5.41, 5.74) is 1.88. The highest BCUT2D eigenvalue weighted by atomic mass is 19.4. The number of phenolic OH excluding ortho intramolecular Hbond substituents is 1. The Morgan fingerprint density at radius 2 is 1.86 bits per heavy atom. The molecule has 0 radical (unpaired) electrons. The van der Waals surface area contributed by atoms with Gasteiger partial charge in [0.25, 0.3) is 0 Å². The lowest BCUT2D eigenvalue weighted by molar-refractivity contribution is -0.137. The summed E-state index contributed by atoms with van der Waals surface area (Å²) in [7, 11) is 2.10. The quantitative estimate of drug-likeness (QED) is 0.672. The average molecular weight is 404 g/mol. The molecule has 1 aliphatic heterocycles. The third kappa shape index (κ3) is 3.57. The highest BCUT2D eigenvalue weighted by Crippen LogP contribution is 2.39. The van der Waals surface area contributed by atoms with Crippen molar-refractivity contribution in [2.75, 3.05) is 20.1 Å². The molecule has 0 saturated carbocycles. The number of phenols is 1. The maximum atomic E-state index is 13.0. The summed E-state index contributed by atoms with van der Waals surface area (Å²) < 4.78 is 41.2. The molecule has 1 aromatic carbocycles. The lowest BCUT2D eigenvalue weighted by Gasteiger charge is -2.31. The molecule has 1 atom stereocenters. The lowest BCUT2D eigenvalue weighted by Crippen LogP contribution is -2.34. The minimum Gasteiger partial charge on any atom is -0.507 e. The number of halogens is 3. The highest BCUT2D eigenvalue weighted by Gasteiger charge is 2.32. The normalized spacial score (nSPS) is 18.5. The predicted molar refractivity (Wildman–Crippen MR) is 105 cm³/mol. The maximum Gasteiger partial charge on any atom is 0.416 e. The Bertz CT molecular complexity index is 1050. The molecule has 0 aliphatic carbocycles. The maximum absolute atomic E-state index is 13.0. The second-order valence-corrected chi connectivity index (χ2v) is 7.91. The number of aromatic nitrogens is 3. The van der Waals surface area contributed by atoms with Gasteiger partial charge in [-0.05, 0) is 70.1 Å². The van der Waals surface area contributed by atoms with Crippen molar-refractivity contribution in [2.24, 2.45) is 0 Å². The van der Waals surface area contributed by atoms with E-state index in [9.17, 15) is 18.3 Å². The summed E-state index contributed by atoms with van der Waals surface area (Å²) in [6.07, 6.45) is -2.33. The van der Waals surface area contributed by atoms with Crippen LogP contribution < -0.4 is 0 Å². The molecule has 1 saturated heterocycles. The largest absolute Gasteiger partial charge is 0.507 e. The van der Waals surface area contributed by atoms with Gasteiger partial charge in [0.2, 0.25) is 0 Å². The standard InChI is InChI=1S/C21H23F3N4O/c1-12-7-15(21(22,23)24)10-18(29)19(12)17-9-14-8-13(2)28(20(14)26-25-17)16-5-4-6-27(3)11-16/h7-10,16,29H,4-6,11H2,1-3H3/t16-/m1/s1. The lowest BCUT2D eigenvalue weighted by atomic mass is 10.00. The summed E-state index contributed by atoms with van der Waals surface area (Å²) in [5, 5.41) is 19.8. The van der Waals surface area contributed by atoms with Crippen LogP contribution in [0, 0.1) is 13.8 Å². The van der Waals surface area contributed by atoms with E-state index >= 15 is 0 Å². The molecule has 0 unspecified atom stereocenters. The van der Waals surface area contributed by atoms with Gasteiger partial charge in [0.05, 0.1) is 11.3 Å². The van der Waals surface area contributed by atoms with E-state index in [1.165, 1.54) is 6.92 Å². The van der Waals surface area contributed by atoms with Crippen LogP contribution in [-0.4, -0.2) is 44.9 Å². The van der Waals surface area contributed by atoms with Crippen LogP contribution in [0.2, 0.25) is 0 Å². The first kappa shape index (κ1) is 19.7. The zero-order chi connectivity index (χ0) is 20.9. The summed E-state index contributed by atoms with van der Waals surface area (Å²) in [6, 6.07) is 5.87. The number of alkyl halides is 3. The first-order valence-electron chi connectivity index (χ1n) is 9.60. The Kier molecular flexibility index (Phi) is 4.77. The zero-order valence-corrected chi connectivity index (χ0v) is 16.6. The number of hydrogen-bond acceptors (Lipinski definition) is 4. The van der Waals surface area contributed by atoms with Gasteiger partial charge in [0, 0.05) is 29.2 Å². The van der Waals surface area contributed by atoms with Crippen molar-refractivity contribution in [3.05, 3.63) is 41.1 Å². The summed E-state index contributed by atoms with van der Waals surface area (Å²) >= 11 is 0. The van der Waals surface area contributed by atoms with Gasteiger partial charge in [-0.2, -0.15) is 13.2 Å². The second-order valence-electron chi connectivity index (χ2n) is 7.91. The molecule has 1 N–H and O–H groups in total. The van der Waals surface area contributed by atoms with Crippen LogP contribution in [-0.2, 0) is 6.18 Å². The molecular weight excluding hydrogens is 381 g/mol. The SMILES string of the molecule is Cc1cc(C(F)(F)F)cc(O)c1-c1cc2cc(C)n([C@@H]3CCCN(C)C3)c2nn1. The Morgan fingerprint density at radius 3 is 2.52 bits per heavy atom. The van der Waals surface area contributed by atoms with E-state index < -0.39 is 17.5 Å². The fourth-order valence-electron chi connectivity index (χ4n) is 4.35. The summed E-state index contributed by atoms with van der Waals surface area (Å²) in [4.78, 5) is 2.30. The number of likely N-dealkylation sites (tertiary alicyclic amines) is 1. The minimum atomic E-state index is -4.52. The smallest absolute Gasteiger partial charge is 0.416 e. The van der Waals surface area contributed by atoms with E-state index in [2.05, 4.69) is 26.7 Å². The highest BCUT2D eigenvalue weighted by molar-refractivity contribution is 5.83. The van der Waals surface area contributed by atoms with E-state index in [1.807, 2.05) is 13.0 Å². The number of piperidine rings is 1. The summed E-state index contributed by atoms with van der Waals surface area (Å²) in [5.74, 6) is -0.448. The number of aryl methyl sites for hydroxylation is 2. The molecule has 3 aromatic rings. The molecule has 3 heterocycles. The van der Waals surface area contributed by atoms with Gasteiger partial charge in [0.15, 0.2) is 5.65 Å². The van der Waals surface area contributed by atoms with Crippen LogP contribution in [0.4, 0.5) is 13.2 Å². The Balaban J connectivity index is 1.78. The van der Waals surface area contributed by atoms with Gasteiger partial charge in [-0.15, -0.1) is 10.2 Å². The van der Waals surface area contributed by atoms with Crippen molar-refractivity contribution in [1.82, 2.24) is 19.7 Å². The number of rotatable bonds is 2. The van der Waals surface area contributed by atoms with Gasteiger partial charge in [-0.1, -0.05) is 0 Å². The molecule has 2 aromatic heterocycles. The fraction of sp³-hybridized carbons (Fsp3) is 0.429. The van der Waals surface area contributed by atoms with Crippen molar-refractivity contribution in [2.45, 2.75) is 38.9 Å². The van der Waals surface area contributed by atoms with E-state index in [-0.39, 0.29) is 5.56 Å². The monoisotopic (exact) mass is 404 g/mol. The number of aromatic hydroxyl groups is 1. The summed E-state index contributed by atoms with van der Waals surface area (Å²) in [6.45, 7) is 5.57. The Morgan fingerprint density at radius 1 is 1.10 bits per heavy atom. The van der Waals surface area contributed by atoms with Crippen LogP contribution >= 0.6 is 0 Å².